The van der Waals surface area contributed by atoms with Crippen LogP contribution in [0.3, 0.4) is 0 Å². The van der Waals surface area contributed by atoms with Gasteiger partial charge in [-0.1, -0.05) is 29.8 Å². The van der Waals surface area contributed by atoms with E-state index >= 15 is 0 Å². The van der Waals surface area contributed by atoms with Gasteiger partial charge in [0.1, 0.15) is 0 Å². The molecule has 0 nitrogen and oxygen atoms in total. The second kappa shape index (κ2) is 5.26. The molecule has 0 N–H and O–H groups in total. The third-order valence-electron chi connectivity index (χ3n) is 2.67. The molecule has 0 saturated carbocycles. The van der Waals surface area contributed by atoms with Crippen LogP contribution in [0.25, 0.3) is 11.7 Å². The highest BCUT2D eigenvalue weighted by Crippen LogP contribution is 2.29. The van der Waals surface area contributed by atoms with Gasteiger partial charge in [0.15, 0.2) is 23.3 Å². The van der Waals surface area contributed by atoms with E-state index in [1.165, 1.54) is 12.1 Å². The van der Waals surface area contributed by atoms with E-state index in [9.17, 15) is 17.6 Å². The molecule has 0 spiro atoms. The first-order chi connectivity index (χ1) is 8.99. The SMILES string of the molecule is Cc1ccc(/C(F)=C(\F)c2ccc(F)c(F)c2)cc1. The second-order valence-electron chi connectivity index (χ2n) is 4.12. The van der Waals surface area contributed by atoms with Crippen molar-refractivity contribution in [1.82, 2.24) is 0 Å². The first kappa shape index (κ1) is 13.3. The molecule has 0 radical (unpaired) electrons. The minimum atomic E-state index is -1.22. The average molecular weight is 266 g/mol. The fraction of sp³-hybridized carbons (Fsp3) is 0.0667. The number of hydrogen-bond acceptors (Lipinski definition) is 0. The van der Waals surface area contributed by atoms with Crippen molar-refractivity contribution >= 4 is 11.7 Å². The highest BCUT2D eigenvalue weighted by Gasteiger charge is 2.13. The molecule has 0 fully saturated rings. The molecule has 0 heterocycles. The molecule has 4 heteroatoms. The molecule has 0 amide bonds. The normalized spacial score (nSPS) is 12.3. The first-order valence-electron chi connectivity index (χ1n) is 5.57. The van der Waals surface area contributed by atoms with Gasteiger partial charge in [-0.15, -0.1) is 0 Å². The Hall–Kier alpha value is -2.10. The molecule has 0 aliphatic rings. The summed E-state index contributed by atoms with van der Waals surface area (Å²) in [6.45, 7) is 1.82. The van der Waals surface area contributed by atoms with Crippen LogP contribution in [0.15, 0.2) is 42.5 Å². The smallest absolute Gasteiger partial charge is 0.166 e. The monoisotopic (exact) mass is 266 g/mol. The third-order valence-corrected chi connectivity index (χ3v) is 2.67. The zero-order chi connectivity index (χ0) is 14.0. The zero-order valence-corrected chi connectivity index (χ0v) is 10.1. The van der Waals surface area contributed by atoms with Crippen LogP contribution in [0.1, 0.15) is 16.7 Å². The topological polar surface area (TPSA) is 0 Å². The summed E-state index contributed by atoms with van der Waals surface area (Å²) >= 11 is 0. The standard InChI is InChI=1S/C15H10F4/c1-9-2-4-10(5-3-9)14(18)15(19)11-6-7-12(16)13(17)8-11/h2-8H,1H3/b15-14+. The lowest BCUT2D eigenvalue weighted by Gasteiger charge is -2.03. The van der Waals surface area contributed by atoms with Crippen LogP contribution < -0.4 is 0 Å². The summed E-state index contributed by atoms with van der Waals surface area (Å²) in [6, 6.07) is 8.47. The van der Waals surface area contributed by atoms with Gasteiger partial charge in [0, 0.05) is 11.1 Å². The Labute approximate surface area is 108 Å². The van der Waals surface area contributed by atoms with Gasteiger partial charge in [0.25, 0.3) is 0 Å². The predicted octanol–water partition coefficient (Wildman–Crippen LogP) is 5.04. The van der Waals surface area contributed by atoms with E-state index in [0.717, 1.165) is 17.7 Å². The summed E-state index contributed by atoms with van der Waals surface area (Å²) in [5.41, 5.74) is 0.620. The maximum Gasteiger partial charge on any atom is 0.166 e. The van der Waals surface area contributed by atoms with E-state index in [1.807, 2.05) is 6.92 Å². The maximum atomic E-state index is 13.9. The summed E-state index contributed by atoms with van der Waals surface area (Å²) in [5, 5.41) is 0. The van der Waals surface area contributed by atoms with Crippen LogP contribution in [0.5, 0.6) is 0 Å². The summed E-state index contributed by atoms with van der Waals surface area (Å²) in [6.07, 6.45) is 0. The second-order valence-corrected chi connectivity index (χ2v) is 4.12. The van der Waals surface area contributed by atoms with Crippen molar-refractivity contribution in [3.8, 4) is 0 Å². The van der Waals surface area contributed by atoms with Crippen LogP contribution in [0.2, 0.25) is 0 Å². The van der Waals surface area contributed by atoms with E-state index in [1.54, 1.807) is 12.1 Å². The minimum absolute atomic E-state index is 0.0489. The number of hydrogen-bond donors (Lipinski definition) is 0. The van der Waals surface area contributed by atoms with Crippen molar-refractivity contribution in [1.29, 1.82) is 0 Å². The molecule has 19 heavy (non-hydrogen) atoms. The fourth-order valence-electron chi connectivity index (χ4n) is 1.59. The van der Waals surface area contributed by atoms with Gasteiger partial charge in [-0.2, -0.15) is 0 Å². The highest BCUT2D eigenvalue weighted by molar-refractivity contribution is 5.83. The molecule has 98 valence electrons. The number of aryl methyl sites for hydroxylation is 1. The van der Waals surface area contributed by atoms with E-state index in [4.69, 9.17) is 0 Å². The summed E-state index contributed by atoms with van der Waals surface area (Å²) in [7, 11) is 0. The minimum Gasteiger partial charge on any atom is -0.204 e. The lowest BCUT2D eigenvalue weighted by Crippen LogP contribution is -1.89. The lowest BCUT2D eigenvalue weighted by atomic mass is 10.1. The Morgan fingerprint density at radius 3 is 1.84 bits per heavy atom. The molecular formula is C15H10F4. The average Bonchev–Trinajstić information content (AvgIpc) is 2.41. The Morgan fingerprint density at radius 1 is 0.737 bits per heavy atom. The molecule has 0 bridgehead atoms. The van der Waals surface area contributed by atoms with Crippen molar-refractivity contribution in [2.24, 2.45) is 0 Å². The van der Waals surface area contributed by atoms with Crippen molar-refractivity contribution in [2.45, 2.75) is 6.92 Å². The highest BCUT2D eigenvalue weighted by atomic mass is 19.2. The lowest BCUT2D eigenvalue weighted by molar-refractivity contribution is 0.507. The molecule has 2 aromatic carbocycles. The quantitative estimate of drug-likeness (QED) is 0.527. The molecule has 0 atom stereocenters. The van der Waals surface area contributed by atoms with Crippen LogP contribution in [0, 0.1) is 18.6 Å². The fourth-order valence-corrected chi connectivity index (χ4v) is 1.59. The molecule has 0 saturated heterocycles. The molecule has 0 aromatic heterocycles. The number of halogens is 4. The summed E-state index contributed by atoms with van der Waals surface area (Å²) in [5.74, 6) is -4.65. The van der Waals surface area contributed by atoms with Gasteiger partial charge in [0.2, 0.25) is 0 Å². The predicted molar refractivity (Wildman–Crippen MR) is 66.6 cm³/mol. The van der Waals surface area contributed by atoms with Crippen molar-refractivity contribution < 1.29 is 17.6 Å². The molecule has 0 aliphatic heterocycles. The maximum absolute atomic E-state index is 13.9. The Bertz CT molecular complexity index is 627. The molecule has 2 aromatic rings. The Morgan fingerprint density at radius 2 is 1.26 bits per heavy atom. The third kappa shape index (κ3) is 2.84. The van der Waals surface area contributed by atoms with Gasteiger partial charge in [-0.25, -0.2) is 17.6 Å². The van der Waals surface area contributed by atoms with E-state index in [0.29, 0.717) is 6.07 Å². The Kier molecular flexibility index (Phi) is 3.69. The van der Waals surface area contributed by atoms with Crippen LogP contribution in [-0.2, 0) is 0 Å². The summed E-state index contributed by atoms with van der Waals surface area (Å²) < 4.78 is 53.4. The van der Waals surface area contributed by atoms with Crippen molar-refractivity contribution in [3.05, 3.63) is 70.8 Å². The van der Waals surface area contributed by atoms with Crippen molar-refractivity contribution in [3.63, 3.8) is 0 Å². The van der Waals surface area contributed by atoms with E-state index in [2.05, 4.69) is 0 Å². The van der Waals surface area contributed by atoms with Gasteiger partial charge < -0.3 is 0 Å². The van der Waals surface area contributed by atoms with E-state index in [-0.39, 0.29) is 11.1 Å². The molecule has 0 aliphatic carbocycles. The van der Waals surface area contributed by atoms with Gasteiger partial charge in [-0.05, 0) is 25.1 Å². The van der Waals surface area contributed by atoms with E-state index < -0.39 is 23.3 Å². The van der Waals surface area contributed by atoms with Gasteiger partial charge in [0.05, 0.1) is 0 Å². The molecule has 0 unspecified atom stereocenters. The van der Waals surface area contributed by atoms with Gasteiger partial charge in [-0.3, -0.25) is 0 Å². The molecular weight excluding hydrogens is 256 g/mol. The largest absolute Gasteiger partial charge is 0.204 e. The Balaban J connectivity index is 2.45. The van der Waals surface area contributed by atoms with Crippen molar-refractivity contribution in [2.75, 3.05) is 0 Å². The van der Waals surface area contributed by atoms with Crippen LogP contribution >= 0.6 is 0 Å². The zero-order valence-electron chi connectivity index (χ0n) is 10.1. The first-order valence-corrected chi connectivity index (χ1v) is 5.57. The van der Waals surface area contributed by atoms with Crippen LogP contribution in [0.4, 0.5) is 17.6 Å². The van der Waals surface area contributed by atoms with Crippen LogP contribution in [-0.4, -0.2) is 0 Å². The molecule has 2 rings (SSSR count). The number of rotatable bonds is 2. The van der Waals surface area contributed by atoms with Gasteiger partial charge >= 0.3 is 0 Å². The summed E-state index contributed by atoms with van der Waals surface area (Å²) in [4.78, 5) is 0. The number of benzene rings is 2.